The fourth-order valence-corrected chi connectivity index (χ4v) is 4.13. The Balaban J connectivity index is 1.73. The van der Waals surface area contributed by atoms with Crippen molar-refractivity contribution in [1.82, 2.24) is 0 Å². The Hall–Kier alpha value is -2.42. The SMILES string of the molecule is C/C(=C(\F)c1ccc(C(=O)O)cc1)C1c2ccccc2CC2CC21. The van der Waals surface area contributed by atoms with Crippen molar-refractivity contribution in [3.63, 3.8) is 0 Å². The van der Waals surface area contributed by atoms with E-state index in [1.807, 2.05) is 13.0 Å². The molecule has 0 spiro atoms. The number of carboxylic acids is 1. The molecule has 1 N–H and O–H groups in total. The maximum absolute atomic E-state index is 15.1. The van der Waals surface area contributed by atoms with Gasteiger partial charge in [0.1, 0.15) is 5.83 Å². The second-order valence-electron chi connectivity index (χ2n) is 6.92. The van der Waals surface area contributed by atoms with Crippen LogP contribution in [0.25, 0.3) is 5.83 Å². The minimum atomic E-state index is -0.996. The van der Waals surface area contributed by atoms with E-state index >= 15 is 4.39 Å². The van der Waals surface area contributed by atoms with Gasteiger partial charge in [0.25, 0.3) is 0 Å². The fourth-order valence-electron chi connectivity index (χ4n) is 4.13. The van der Waals surface area contributed by atoms with E-state index in [-0.39, 0.29) is 17.3 Å². The third-order valence-electron chi connectivity index (χ3n) is 5.48. The molecule has 0 saturated heterocycles. The molecule has 2 aliphatic carbocycles. The molecule has 3 heteroatoms. The van der Waals surface area contributed by atoms with Crippen LogP contribution < -0.4 is 0 Å². The number of hydrogen-bond acceptors (Lipinski definition) is 1. The van der Waals surface area contributed by atoms with Gasteiger partial charge >= 0.3 is 5.97 Å². The van der Waals surface area contributed by atoms with Crippen molar-refractivity contribution in [2.24, 2.45) is 11.8 Å². The highest BCUT2D eigenvalue weighted by Gasteiger charge is 2.48. The second-order valence-corrected chi connectivity index (χ2v) is 6.92. The number of allylic oxidation sites excluding steroid dienone is 1. The van der Waals surface area contributed by atoms with Crippen LogP contribution >= 0.6 is 0 Å². The van der Waals surface area contributed by atoms with Crippen LogP contribution in [0, 0.1) is 11.8 Å². The number of carbonyl (C=O) groups is 1. The monoisotopic (exact) mass is 322 g/mol. The van der Waals surface area contributed by atoms with Crippen LogP contribution in [-0.4, -0.2) is 11.1 Å². The zero-order valence-electron chi connectivity index (χ0n) is 13.5. The van der Waals surface area contributed by atoms with Gasteiger partial charge in [-0.15, -0.1) is 0 Å². The van der Waals surface area contributed by atoms with Gasteiger partial charge in [0.2, 0.25) is 0 Å². The average Bonchev–Trinajstić information content (AvgIpc) is 3.37. The number of halogens is 1. The lowest BCUT2D eigenvalue weighted by atomic mass is 9.78. The first-order valence-corrected chi connectivity index (χ1v) is 8.34. The van der Waals surface area contributed by atoms with Gasteiger partial charge in [-0.3, -0.25) is 0 Å². The molecule has 2 aliphatic rings. The Kier molecular flexibility index (Phi) is 3.52. The highest BCUT2D eigenvalue weighted by Crippen LogP contribution is 2.58. The van der Waals surface area contributed by atoms with Crippen molar-refractivity contribution >= 4 is 11.8 Å². The number of carboxylic acid groups (broad SMARTS) is 1. The van der Waals surface area contributed by atoms with Gasteiger partial charge < -0.3 is 5.11 Å². The van der Waals surface area contributed by atoms with Crippen LogP contribution in [0.2, 0.25) is 0 Å². The number of hydrogen-bond donors (Lipinski definition) is 1. The molecule has 0 aromatic heterocycles. The van der Waals surface area contributed by atoms with Crippen molar-refractivity contribution in [3.05, 3.63) is 76.4 Å². The number of aromatic carboxylic acids is 1. The summed E-state index contributed by atoms with van der Waals surface area (Å²) in [5, 5.41) is 8.97. The molecular formula is C21H19FO2. The van der Waals surface area contributed by atoms with E-state index in [2.05, 4.69) is 18.2 Å². The number of rotatable bonds is 3. The summed E-state index contributed by atoms with van der Waals surface area (Å²) in [5.41, 5.74) is 3.99. The average molecular weight is 322 g/mol. The van der Waals surface area contributed by atoms with Gasteiger partial charge in [-0.1, -0.05) is 36.4 Å². The van der Waals surface area contributed by atoms with E-state index in [1.54, 1.807) is 12.1 Å². The first-order chi connectivity index (χ1) is 11.6. The Bertz CT molecular complexity index is 835. The molecule has 122 valence electrons. The third-order valence-corrected chi connectivity index (χ3v) is 5.48. The second kappa shape index (κ2) is 5.59. The van der Waals surface area contributed by atoms with Crippen molar-refractivity contribution in [1.29, 1.82) is 0 Å². The van der Waals surface area contributed by atoms with Gasteiger partial charge in [-0.05, 0) is 60.4 Å². The molecule has 4 rings (SSSR count). The molecule has 24 heavy (non-hydrogen) atoms. The van der Waals surface area contributed by atoms with Crippen LogP contribution in [0.3, 0.4) is 0 Å². The maximum Gasteiger partial charge on any atom is 0.335 e. The molecule has 0 amide bonds. The van der Waals surface area contributed by atoms with E-state index in [0.29, 0.717) is 17.4 Å². The van der Waals surface area contributed by atoms with Gasteiger partial charge in [0, 0.05) is 11.5 Å². The fraction of sp³-hybridized carbons (Fsp3) is 0.286. The molecule has 0 bridgehead atoms. The van der Waals surface area contributed by atoms with Crippen LogP contribution in [0.15, 0.2) is 54.1 Å². The first-order valence-electron chi connectivity index (χ1n) is 8.34. The molecule has 1 saturated carbocycles. The summed E-state index contributed by atoms with van der Waals surface area (Å²) in [7, 11) is 0. The standard InChI is InChI=1S/C21H19FO2/c1-12(20(22)13-6-8-14(9-7-13)21(23)24)19-17-5-3-2-4-15(17)10-16-11-18(16)19/h2-9,16,18-19H,10-11H2,1H3,(H,23,24)/b20-12+. The summed E-state index contributed by atoms with van der Waals surface area (Å²) in [6.45, 7) is 1.88. The van der Waals surface area contributed by atoms with E-state index in [1.165, 1.54) is 29.7 Å². The Morgan fingerprint density at radius 3 is 2.46 bits per heavy atom. The molecule has 2 nitrogen and oxygen atoms in total. The van der Waals surface area contributed by atoms with E-state index in [0.717, 1.165) is 12.0 Å². The summed E-state index contributed by atoms with van der Waals surface area (Å²) in [4.78, 5) is 10.9. The molecule has 0 radical (unpaired) electrons. The molecule has 3 atom stereocenters. The first kappa shape index (κ1) is 15.1. The van der Waals surface area contributed by atoms with E-state index in [4.69, 9.17) is 5.11 Å². The van der Waals surface area contributed by atoms with E-state index in [9.17, 15) is 4.79 Å². The molecule has 1 fully saturated rings. The van der Waals surface area contributed by atoms with Crippen molar-refractivity contribution in [2.45, 2.75) is 25.7 Å². The number of benzene rings is 2. The third kappa shape index (κ3) is 2.44. The molecule has 0 heterocycles. The Morgan fingerprint density at radius 2 is 1.75 bits per heavy atom. The lowest BCUT2D eigenvalue weighted by Crippen LogP contribution is -2.14. The molecule has 2 aromatic rings. The lowest BCUT2D eigenvalue weighted by molar-refractivity contribution is 0.0697. The molecule has 3 unspecified atom stereocenters. The Labute approximate surface area is 140 Å². The zero-order chi connectivity index (χ0) is 16.8. The quantitative estimate of drug-likeness (QED) is 0.857. The minimum Gasteiger partial charge on any atom is -0.478 e. The summed E-state index contributed by atoms with van der Waals surface area (Å²) >= 11 is 0. The topological polar surface area (TPSA) is 37.3 Å². The zero-order valence-corrected chi connectivity index (χ0v) is 13.5. The van der Waals surface area contributed by atoms with Gasteiger partial charge in [0.05, 0.1) is 5.56 Å². The van der Waals surface area contributed by atoms with Crippen LogP contribution in [0.5, 0.6) is 0 Å². The molecule has 2 aromatic carbocycles. The molecule has 0 aliphatic heterocycles. The highest BCUT2D eigenvalue weighted by atomic mass is 19.1. The highest BCUT2D eigenvalue weighted by molar-refractivity contribution is 5.88. The predicted molar refractivity (Wildman–Crippen MR) is 91.6 cm³/mol. The normalized spacial score (nSPS) is 25.3. The minimum absolute atomic E-state index is 0.138. The van der Waals surface area contributed by atoms with E-state index < -0.39 is 5.97 Å². The summed E-state index contributed by atoms with van der Waals surface area (Å²) in [6.07, 6.45) is 2.28. The van der Waals surface area contributed by atoms with Crippen LogP contribution in [-0.2, 0) is 6.42 Å². The van der Waals surface area contributed by atoms with Crippen molar-refractivity contribution in [2.75, 3.05) is 0 Å². The summed E-state index contributed by atoms with van der Waals surface area (Å²) in [6, 6.07) is 14.4. The number of fused-ring (bicyclic) bond motifs is 2. The van der Waals surface area contributed by atoms with Gasteiger partial charge in [0.15, 0.2) is 0 Å². The molecular weight excluding hydrogens is 303 g/mol. The largest absolute Gasteiger partial charge is 0.478 e. The Morgan fingerprint density at radius 1 is 1.08 bits per heavy atom. The van der Waals surface area contributed by atoms with Gasteiger partial charge in [-0.2, -0.15) is 0 Å². The lowest BCUT2D eigenvalue weighted by Gasteiger charge is -2.26. The summed E-state index contributed by atoms with van der Waals surface area (Å²) in [5.74, 6) is 0.147. The van der Waals surface area contributed by atoms with Gasteiger partial charge in [-0.25, -0.2) is 9.18 Å². The maximum atomic E-state index is 15.1. The predicted octanol–water partition coefficient (Wildman–Crippen LogP) is 5.06. The smallest absolute Gasteiger partial charge is 0.335 e. The van der Waals surface area contributed by atoms with Crippen LogP contribution in [0.1, 0.15) is 46.3 Å². The summed E-state index contributed by atoms with van der Waals surface area (Å²) < 4.78 is 15.1. The van der Waals surface area contributed by atoms with Crippen molar-refractivity contribution < 1.29 is 14.3 Å². The van der Waals surface area contributed by atoms with Crippen molar-refractivity contribution in [3.8, 4) is 0 Å². The van der Waals surface area contributed by atoms with Crippen LogP contribution in [0.4, 0.5) is 4.39 Å².